The van der Waals surface area contributed by atoms with Gasteiger partial charge in [-0.05, 0) is 49.4 Å². The van der Waals surface area contributed by atoms with Gasteiger partial charge in [0.2, 0.25) is 0 Å². The molecule has 1 saturated carbocycles. The number of hydrogen-bond acceptors (Lipinski definition) is 3. The monoisotopic (exact) mass is 237 g/mol. The summed E-state index contributed by atoms with van der Waals surface area (Å²) in [6.45, 7) is 1.69. The Labute approximate surface area is 99.8 Å². The third-order valence-corrected chi connectivity index (χ3v) is 3.23. The summed E-state index contributed by atoms with van der Waals surface area (Å²) in [5.41, 5.74) is 7.18. The third-order valence-electron chi connectivity index (χ3n) is 3.23. The molecule has 0 saturated heterocycles. The maximum Gasteiger partial charge on any atom is 0.338 e. The molecule has 4 heteroatoms. The van der Waals surface area contributed by atoms with Crippen molar-refractivity contribution in [3.63, 3.8) is 0 Å². The Morgan fingerprint density at radius 1 is 1.53 bits per heavy atom. The van der Waals surface area contributed by atoms with Crippen molar-refractivity contribution in [3.8, 4) is 0 Å². The van der Waals surface area contributed by atoms with Crippen molar-refractivity contribution in [1.82, 2.24) is 0 Å². The van der Waals surface area contributed by atoms with Crippen LogP contribution in [0.5, 0.6) is 0 Å². The van der Waals surface area contributed by atoms with E-state index in [1.807, 2.05) is 0 Å². The molecule has 1 aliphatic carbocycles. The zero-order valence-electron chi connectivity index (χ0n) is 10.0. The summed E-state index contributed by atoms with van der Waals surface area (Å²) in [5.74, 6) is -0.738. The quantitative estimate of drug-likeness (QED) is 0.817. The van der Waals surface area contributed by atoms with Crippen molar-refractivity contribution >= 4 is 5.97 Å². The van der Waals surface area contributed by atoms with Gasteiger partial charge in [0.15, 0.2) is 0 Å². The number of carbonyl (C=O) groups excluding carboxylic acids is 1. The second-order valence-corrected chi connectivity index (χ2v) is 4.79. The number of ether oxygens (including phenoxy) is 1. The molecule has 0 bridgehead atoms. The van der Waals surface area contributed by atoms with E-state index in [2.05, 4.69) is 4.74 Å². The van der Waals surface area contributed by atoms with E-state index in [0.29, 0.717) is 23.1 Å². The van der Waals surface area contributed by atoms with Crippen molar-refractivity contribution in [2.45, 2.75) is 31.7 Å². The third kappa shape index (κ3) is 2.47. The summed E-state index contributed by atoms with van der Waals surface area (Å²) in [5, 5.41) is 0. The fourth-order valence-electron chi connectivity index (χ4n) is 1.90. The van der Waals surface area contributed by atoms with Gasteiger partial charge in [0.05, 0.1) is 12.7 Å². The smallest absolute Gasteiger partial charge is 0.338 e. The van der Waals surface area contributed by atoms with Crippen LogP contribution in [0.25, 0.3) is 0 Å². The minimum atomic E-state index is -0.439. The SMILES string of the molecule is COC(=O)c1cc(CC2(N)CC2)c(F)cc1C. The lowest BCUT2D eigenvalue weighted by Gasteiger charge is -2.12. The molecule has 0 aliphatic heterocycles. The summed E-state index contributed by atoms with van der Waals surface area (Å²) >= 11 is 0. The Balaban J connectivity index is 2.35. The molecule has 1 aromatic rings. The Morgan fingerprint density at radius 3 is 2.71 bits per heavy atom. The van der Waals surface area contributed by atoms with Crippen molar-refractivity contribution in [2.24, 2.45) is 5.73 Å². The Hall–Kier alpha value is -1.42. The average Bonchev–Trinajstić information content (AvgIpc) is 2.99. The maximum atomic E-state index is 13.7. The normalized spacial score (nSPS) is 16.7. The Morgan fingerprint density at radius 2 is 2.18 bits per heavy atom. The molecule has 0 aromatic heterocycles. The van der Waals surface area contributed by atoms with Gasteiger partial charge in [-0.3, -0.25) is 0 Å². The van der Waals surface area contributed by atoms with Gasteiger partial charge in [-0.25, -0.2) is 9.18 Å². The van der Waals surface area contributed by atoms with Crippen molar-refractivity contribution < 1.29 is 13.9 Å². The number of rotatable bonds is 3. The van der Waals surface area contributed by atoms with Crippen LogP contribution in [0.15, 0.2) is 12.1 Å². The van der Waals surface area contributed by atoms with Gasteiger partial charge in [0.25, 0.3) is 0 Å². The number of nitrogens with two attached hydrogens (primary N) is 1. The maximum absolute atomic E-state index is 13.7. The first kappa shape index (κ1) is 12.0. The lowest BCUT2D eigenvalue weighted by atomic mass is 9.98. The standard InChI is InChI=1S/C13H16FNO2/c1-8-5-11(14)9(7-13(15)3-4-13)6-10(8)12(16)17-2/h5-6H,3-4,7,15H2,1-2H3. The molecule has 17 heavy (non-hydrogen) atoms. The number of halogens is 1. The van der Waals surface area contributed by atoms with Crippen molar-refractivity contribution in [1.29, 1.82) is 0 Å². The van der Waals surface area contributed by atoms with E-state index in [9.17, 15) is 9.18 Å². The van der Waals surface area contributed by atoms with E-state index in [-0.39, 0.29) is 11.4 Å². The molecule has 0 amide bonds. The van der Waals surface area contributed by atoms with Crippen molar-refractivity contribution in [2.75, 3.05) is 7.11 Å². The zero-order valence-corrected chi connectivity index (χ0v) is 10.0. The minimum absolute atomic E-state index is 0.274. The molecular weight excluding hydrogens is 221 g/mol. The van der Waals surface area contributed by atoms with Crippen LogP contribution < -0.4 is 5.73 Å². The number of carbonyl (C=O) groups is 1. The summed E-state index contributed by atoms with van der Waals surface area (Å²) in [6, 6.07) is 2.93. The second-order valence-electron chi connectivity index (χ2n) is 4.79. The van der Waals surface area contributed by atoms with E-state index in [0.717, 1.165) is 12.8 Å². The molecule has 1 aromatic carbocycles. The van der Waals surface area contributed by atoms with E-state index >= 15 is 0 Å². The largest absolute Gasteiger partial charge is 0.465 e. The van der Waals surface area contributed by atoms with Crippen LogP contribution in [0, 0.1) is 12.7 Å². The number of esters is 1. The molecule has 92 valence electrons. The second kappa shape index (κ2) is 4.11. The van der Waals surface area contributed by atoms with Crippen LogP contribution in [-0.4, -0.2) is 18.6 Å². The van der Waals surface area contributed by atoms with Crippen LogP contribution >= 0.6 is 0 Å². The number of methoxy groups -OCH3 is 1. The molecule has 3 nitrogen and oxygen atoms in total. The topological polar surface area (TPSA) is 52.3 Å². The molecule has 0 spiro atoms. The van der Waals surface area contributed by atoms with Crippen LogP contribution in [0.1, 0.15) is 34.3 Å². The number of hydrogen-bond donors (Lipinski definition) is 1. The highest BCUT2D eigenvalue weighted by molar-refractivity contribution is 5.91. The van der Waals surface area contributed by atoms with Crippen LogP contribution in [0.2, 0.25) is 0 Å². The first-order chi connectivity index (χ1) is 7.95. The van der Waals surface area contributed by atoms with Gasteiger partial charge in [-0.1, -0.05) is 0 Å². The van der Waals surface area contributed by atoms with Crippen LogP contribution in [0.4, 0.5) is 4.39 Å². The van der Waals surface area contributed by atoms with Crippen molar-refractivity contribution in [3.05, 3.63) is 34.6 Å². The van der Waals surface area contributed by atoms with Crippen LogP contribution in [-0.2, 0) is 11.2 Å². The highest BCUT2D eigenvalue weighted by Crippen LogP contribution is 2.36. The fraction of sp³-hybridized carbons (Fsp3) is 0.462. The number of aryl methyl sites for hydroxylation is 1. The highest BCUT2D eigenvalue weighted by atomic mass is 19.1. The molecule has 2 rings (SSSR count). The molecule has 0 unspecified atom stereocenters. The van der Waals surface area contributed by atoms with E-state index < -0.39 is 5.97 Å². The summed E-state index contributed by atoms with van der Waals surface area (Å²) in [6.07, 6.45) is 2.30. The average molecular weight is 237 g/mol. The first-order valence-electron chi connectivity index (χ1n) is 5.61. The van der Waals surface area contributed by atoms with Gasteiger partial charge in [-0.2, -0.15) is 0 Å². The van der Waals surface area contributed by atoms with Gasteiger partial charge in [-0.15, -0.1) is 0 Å². The van der Waals surface area contributed by atoms with Gasteiger partial charge in [0.1, 0.15) is 5.82 Å². The van der Waals surface area contributed by atoms with Gasteiger partial charge in [0, 0.05) is 5.54 Å². The Kier molecular flexibility index (Phi) is 2.91. The fourth-order valence-corrected chi connectivity index (χ4v) is 1.90. The van der Waals surface area contributed by atoms with Gasteiger partial charge >= 0.3 is 5.97 Å². The zero-order chi connectivity index (χ0) is 12.6. The minimum Gasteiger partial charge on any atom is -0.465 e. The Bertz CT molecular complexity index is 467. The first-order valence-corrected chi connectivity index (χ1v) is 5.61. The summed E-state index contributed by atoms with van der Waals surface area (Å²) in [4.78, 5) is 11.5. The van der Waals surface area contributed by atoms with E-state index in [4.69, 9.17) is 5.73 Å². The molecular formula is C13H16FNO2. The lowest BCUT2D eigenvalue weighted by Crippen LogP contribution is -2.25. The molecule has 2 N–H and O–H groups in total. The van der Waals surface area contributed by atoms with Crippen LogP contribution in [0.3, 0.4) is 0 Å². The lowest BCUT2D eigenvalue weighted by molar-refractivity contribution is 0.0599. The molecule has 0 atom stereocenters. The predicted molar refractivity (Wildman–Crippen MR) is 62.3 cm³/mol. The molecule has 0 heterocycles. The van der Waals surface area contributed by atoms with E-state index in [1.54, 1.807) is 13.0 Å². The summed E-state index contributed by atoms with van der Waals surface area (Å²) in [7, 11) is 1.32. The number of benzene rings is 1. The molecule has 1 aliphatic rings. The summed E-state index contributed by atoms with van der Waals surface area (Å²) < 4.78 is 18.4. The predicted octanol–water partition coefficient (Wildman–Crippen LogP) is 1.95. The van der Waals surface area contributed by atoms with E-state index in [1.165, 1.54) is 13.2 Å². The van der Waals surface area contributed by atoms with Gasteiger partial charge < -0.3 is 10.5 Å². The molecule has 1 fully saturated rings. The highest BCUT2D eigenvalue weighted by Gasteiger charge is 2.38. The molecule has 0 radical (unpaired) electrons.